The summed E-state index contributed by atoms with van der Waals surface area (Å²) < 4.78 is 25.5. The molecule has 0 aliphatic rings. The number of nitrogens with one attached hydrogen (secondary N) is 1. The molecule has 0 unspecified atom stereocenters. The Morgan fingerprint density at radius 1 is 1.53 bits per heavy atom. The zero-order chi connectivity index (χ0) is 11.3. The van der Waals surface area contributed by atoms with Crippen LogP contribution in [0.25, 0.3) is 0 Å². The number of anilines is 2. The van der Waals surface area contributed by atoms with E-state index in [-0.39, 0.29) is 5.75 Å². The zero-order valence-corrected chi connectivity index (χ0v) is 9.42. The summed E-state index contributed by atoms with van der Waals surface area (Å²) in [4.78, 5) is 3.78. The minimum atomic E-state index is -3.28. The van der Waals surface area contributed by atoms with Gasteiger partial charge in [0.25, 0.3) is 0 Å². The van der Waals surface area contributed by atoms with Crippen LogP contribution in [0.3, 0.4) is 0 Å². The maximum atomic E-state index is 11.5. The average Bonchev–Trinajstić information content (AvgIpc) is 2.18. The Balaban J connectivity index is 2.74. The number of pyridine rings is 1. The van der Waals surface area contributed by atoms with E-state index in [9.17, 15) is 8.42 Å². The summed E-state index contributed by atoms with van der Waals surface area (Å²) in [5.41, 5.74) is 6.29. The van der Waals surface area contributed by atoms with E-state index >= 15 is 0 Å². The van der Waals surface area contributed by atoms with Gasteiger partial charge < -0.3 is 5.73 Å². The van der Waals surface area contributed by atoms with Crippen LogP contribution in [-0.4, -0.2) is 19.2 Å². The molecule has 0 aromatic carbocycles. The Kier molecular flexibility index (Phi) is 3.90. The van der Waals surface area contributed by atoms with Gasteiger partial charge in [-0.3, -0.25) is 9.71 Å². The van der Waals surface area contributed by atoms with Crippen molar-refractivity contribution in [2.24, 2.45) is 0 Å². The molecule has 6 heteroatoms. The number of hydrogen-bond donors (Lipinski definition) is 2. The molecule has 0 aliphatic carbocycles. The van der Waals surface area contributed by atoms with Crippen LogP contribution < -0.4 is 10.5 Å². The fourth-order valence-corrected chi connectivity index (χ4v) is 2.34. The molecule has 0 saturated carbocycles. The standard InChI is InChI=1S/C9H15N3O2S/c1-2-3-6-15(13,14)12-9-4-5-11-7-8(9)10/h4-5,7H,2-3,6,10H2,1H3,(H,11,12). The van der Waals surface area contributed by atoms with E-state index in [2.05, 4.69) is 9.71 Å². The van der Waals surface area contributed by atoms with E-state index in [0.29, 0.717) is 17.8 Å². The Morgan fingerprint density at radius 2 is 2.27 bits per heavy atom. The lowest BCUT2D eigenvalue weighted by Crippen LogP contribution is -2.17. The summed E-state index contributed by atoms with van der Waals surface area (Å²) in [5.74, 6) is 0.116. The Morgan fingerprint density at radius 3 is 2.87 bits per heavy atom. The molecule has 3 N–H and O–H groups in total. The normalized spacial score (nSPS) is 11.3. The summed E-state index contributed by atoms with van der Waals surface area (Å²) in [6.45, 7) is 1.94. The molecule has 0 radical (unpaired) electrons. The number of nitrogen functional groups attached to an aromatic ring is 1. The Hall–Kier alpha value is -1.30. The first-order valence-corrected chi connectivity index (χ1v) is 6.40. The Bertz CT molecular complexity index is 417. The van der Waals surface area contributed by atoms with Gasteiger partial charge >= 0.3 is 0 Å². The number of nitrogens with two attached hydrogens (primary N) is 1. The van der Waals surface area contributed by atoms with Gasteiger partial charge in [0.05, 0.1) is 23.3 Å². The second-order valence-electron chi connectivity index (χ2n) is 3.24. The van der Waals surface area contributed by atoms with E-state index in [1.165, 1.54) is 12.4 Å². The van der Waals surface area contributed by atoms with Crippen LogP contribution in [0.15, 0.2) is 18.5 Å². The molecule has 0 atom stereocenters. The zero-order valence-electron chi connectivity index (χ0n) is 8.60. The lowest BCUT2D eigenvalue weighted by molar-refractivity contribution is 0.598. The molecule has 1 rings (SSSR count). The first-order chi connectivity index (χ1) is 7.05. The third kappa shape index (κ3) is 3.75. The molecular weight excluding hydrogens is 214 g/mol. The number of sulfonamides is 1. The fraction of sp³-hybridized carbons (Fsp3) is 0.444. The van der Waals surface area contributed by atoms with Gasteiger partial charge in [0.2, 0.25) is 10.0 Å². The molecule has 0 bridgehead atoms. The third-order valence-corrected chi connectivity index (χ3v) is 3.24. The quantitative estimate of drug-likeness (QED) is 0.794. The minimum absolute atomic E-state index is 0.116. The van der Waals surface area contributed by atoms with Crippen LogP contribution >= 0.6 is 0 Å². The number of unbranched alkanes of at least 4 members (excludes halogenated alkanes) is 1. The summed E-state index contributed by atoms with van der Waals surface area (Å²) in [7, 11) is -3.28. The summed E-state index contributed by atoms with van der Waals surface area (Å²) in [5, 5.41) is 0. The van der Waals surface area contributed by atoms with Crippen LogP contribution in [-0.2, 0) is 10.0 Å². The van der Waals surface area contributed by atoms with Gasteiger partial charge in [-0.15, -0.1) is 0 Å². The monoisotopic (exact) mass is 229 g/mol. The van der Waals surface area contributed by atoms with Crippen molar-refractivity contribution >= 4 is 21.4 Å². The molecule has 1 heterocycles. The van der Waals surface area contributed by atoms with Crippen LogP contribution in [0.2, 0.25) is 0 Å². The van der Waals surface area contributed by atoms with E-state index in [1.54, 1.807) is 6.07 Å². The molecule has 0 amide bonds. The molecule has 84 valence electrons. The van der Waals surface area contributed by atoms with Crippen LogP contribution in [0.1, 0.15) is 19.8 Å². The van der Waals surface area contributed by atoms with Crippen molar-refractivity contribution in [1.82, 2.24) is 4.98 Å². The van der Waals surface area contributed by atoms with E-state index in [0.717, 1.165) is 6.42 Å². The predicted octanol–water partition coefficient (Wildman–Crippen LogP) is 1.21. The van der Waals surface area contributed by atoms with E-state index in [4.69, 9.17) is 5.73 Å². The lowest BCUT2D eigenvalue weighted by Gasteiger charge is -2.08. The van der Waals surface area contributed by atoms with Crippen molar-refractivity contribution in [1.29, 1.82) is 0 Å². The van der Waals surface area contributed by atoms with Gasteiger partial charge in [0.1, 0.15) is 0 Å². The molecule has 0 fully saturated rings. The van der Waals surface area contributed by atoms with Crippen molar-refractivity contribution in [2.75, 3.05) is 16.2 Å². The molecular formula is C9H15N3O2S. The number of nitrogens with zero attached hydrogens (tertiary/aromatic N) is 1. The van der Waals surface area contributed by atoms with Gasteiger partial charge in [-0.25, -0.2) is 8.42 Å². The van der Waals surface area contributed by atoms with Gasteiger partial charge in [0.15, 0.2) is 0 Å². The molecule has 1 aromatic heterocycles. The molecule has 0 spiro atoms. The average molecular weight is 229 g/mol. The molecule has 0 aliphatic heterocycles. The van der Waals surface area contributed by atoms with Crippen molar-refractivity contribution in [3.05, 3.63) is 18.5 Å². The predicted molar refractivity (Wildman–Crippen MR) is 61.0 cm³/mol. The topological polar surface area (TPSA) is 85.1 Å². The first kappa shape index (κ1) is 11.8. The molecule has 15 heavy (non-hydrogen) atoms. The summed E-state index contributed by atoms with van der Waals surface area (Å²) >= 11 is 0. The third-order valence-electron chi connectivity index (χ3n) is 1.88. The maximum Gasteiger partial charge on any atom is 0.232 e. The van der Waals surface area contributed by atoms with Crippen LogP contribution in [0.4, 0.5) is 11.4 Å². The van der Waals surface area contributed by atoms with E-state index < -0.39 is 10.0 Å². The lowest BCUT2D eigenvalue weighted by atomic mass is 10.4. The highest BCUT2D eigenvalue weighted by atomic mass is 32.2. The SMILES string of the molecule is CCCCS(=O)(=O)Nc1ccncc1N. The Labute approximate surface area is 89.8 Å². The first-order valence-electron chi connectivity index (χ1n) is 4.75. The van der Waals surface area contributed by atoms with Gasteiger partial charge in [-0.05, 0) is 12.5 Å². The fourth-order valence-electron chi connectivity index (χ4n) is 1.05. The number of hydrogen-bond acceptors (Lipinski definition) is 4. The van der Waals surface area contributed by atoms with Gasteiger partial charge in [-0.1, -0.05) is 13.3 Å². The highest BCUT2D eigenvalue weighted by molar-refractivity contribution is 7.92. The molecule has 5 nitrogen and oxygen atoms in total. The van der Waals surface area contributed by atoms with Crippen LogP contribution in [0.5, 0.6) is 0 Å². The minimum Gasteiger partial charge on any atom is -0.396 e. The van der Waals surface area contributed by atoms with Crippen molar-refractivity contribution in [3.63, 3.8) is 0 Å². The van der Waals surface area contributed by atoms with Crippen molar-refractivity contribution in [2.45, 2.75) is 19.8 Å². The van der Waals surface area contributed by atoms with Crippen LogP contribution in [0, 0.1) is 0 Å². The molecule has 1 aromatic rings. The summed E-state index contributed by atoms with van der Waals surface area (Å²) in [6.07, 6.45) is 4.39. The van der Waals surface area contributed by atoms with Crippen molar-refractivity contribution < 1.29 is 8.42 Å². The van der Waals surface area contributed by atoms with E-state index in [1.807, 2.05) is 6.92 Å². The maximum absolute atomic E-state index is 11.5. The molecule has 0 saturated heterocycles. The summed E-state index contributed by atoms with van der Waals surface area (Å²) in [6, 6.07) is 1.54. The highest BCUT2D eigenvalue weighted by Crippen LogP contribution is 2.17. The van der Waals surface area contributed by atoms with Crippen molar-refractivity contribution in [3.8, 4) is 0 Å². The second kappa shape index (κ2) is 4.97. The number of aromatic nitrogens is 1. The smallest absolute Gasteiger partial charge is 0.232 e. The van der Waals surface area contributed by atoms with Gasteiger partial charge in [-0.2, -0.15) is 0 Å². The highest BCUT2D eigenvalue weighted by Gasteiger charge is 2.10. The second-order valence-corrected chi connectivity index (χ2v) is 5.08. The number of rotatable bonds is 5. The van der Waals surface area contributed by atoms with Gasteiger partial charge in [0, 0.05) is 6.20 Å². The largest absolute Gasteiger partial charge is 0.396 e.